The number of rotatable bonds is 9. The molecule has 1 aromatic carbocycles. The number of esters is 1. The Hall–Kier alpha value is -2.52. The van der Waals surface area contributed by atoms with Crippen molar-refractivity contribution in [3.05, 3.63) is 53.1 Å². The van der Waals surface area contributed by atoms with Gasteiger partial charge in [-0.25, -0.2) is 9.88 Å². The van der Waals surface area contributed by atoms with Gasteiger partial charge in [0.1, 0.15) is 23.8 Å². The van der Waals surface area contributed by atoms with E-state index in [0.717, 1.165) is 0 Å². The Bertz CT molecular complexity index is 896. The molecule has 1 aliphatic rings. The van der Waals surface area contributed by atoms with E-state index in [4.69, 9.17) is 24.3 Å². The second-order valence-corrected chi connectivity index (χ2v) is 7.88. The second kappa shape index (κ2) is 10.5. The molecule has 0 spiro atoms. The first-order valence-corrected chi connectivity index (χ1v) is 10.6. The molecular weight excluding hydrogens is 411 g/mol. The van der Waals surface area contributed by atoms with E-state index >= 15 is 0 Å². The van der Waals surface area contributed by atoms with Crippen molar-refractivity contribution in [2.45, 2.75) is 38.1 Å². The summed E-state index contributed by atoms with van der Waals surface area (Å²) >= 11 is 0. The minimum absolute atomic E-state index is 0.170. The molecule has 2 aromatic rings. The molecule has 30 heavy (non-hydrogen) atoms. The van der Waals surface area contributed by atoms with Gasteiger partial charge < -0.3 is 24.3 Å². The highest BCUT2D eigenvalue weighted by Crippen LogP contribution is 2.38. The highest BCUT2D eigenvalue weighted by Gasteiger charge is 2.30. The second-order valence-electron chi connectivity index (χ2n) is 6.66. The molecule has 0 aliphatic carbocycles. The summed E-state index contributed by atoms with van der Waals surface area (Å²) in [6.07, 6.45) is 2.25. The molecule has 11 heteroatoms. The predicted molar refractivity (Wildman–Crippen MR) is 111 cm³/mol. The number of methoxy groups -OCH3 is 1. The van der Waals surface area contributed by atoms with E-state index in [-0.39, 0.29) is 18.5 Å². The van der Waals surface area contributed by atoms with E-state index < -0.39 is 32.5 Å². The number of hydrogen-bond acceptors (Lipinski definition) is 9. The van der Waals surface area contributed by atoms with Crippen LogP contribution in [0.25, 0.3) is 0 Å². The number of nitrogen functional groups attached to an aromatic ring is 1. The van der Waals surface area contributed by atoms with Gasteiger partial charge in [-0.2, -0.15) is 4.98 Å². The van der Waals surface area contributed by atoms with Crippen molar-refractivity contribution in [3.63, 3.8) is 0 Å². The van der Waals surface area contributed by atoms with Crippen molar-refractivity contribution in [2.24, 2.45) is 0 Å². The molecule has 3 rings (SSSR count). The summed E-state index contributed by atoms with van der Waals surface area (Å²) in [5.74, 6) is 0.358. The molecule has 1 fully saturated rings. The van der Waals surface area contributed by atoms with Crippen LogP contribution in [0.3, 0.4) is 0 Å². The smallest absolute Gasteiger partial charge is 0.351 e. The van der Waals surface area contributed by atoms with Gasteiger partial charge in [0.15, 0.2) is 0 Å². The highest BCUT2D eigenvalue weighted by molar-refractivity contribution is 7.45. The summed E-state index contributed by atoms with van der Waals surface area (Å²) < 4.78 is 23.9. The third-order valence-corrected chi connectivity index (χ3v) is 5.77. The number of nitrogens with zero attached hydrogens (tertiary/aromatic N) is 2. The number of aromatic nitrogens is 2. The van der Waals surface area contributed by atoms with Crippen LogP contribution in [0.15, 0.2) is 47.4 Å². The zero-order valence-electron chi connectivity index (χ0n) is 16.8. The first-order chi connectivity index (χ1) is 14.5. The largest absolute Gasteiger partial charge is 0.468 e. The highest BCUT2D eigenvalue weighted by atomic mass is 31.2. The van der Waals surface area contributed by atoms with Gasteiger partial charge in [-0.1, -0.05) is 18.2 Å². The molecule has 10 nitrogen and oxygen atoms in total. The standard InChI is InChI=1S/C19H25N4O6P/c1-13(18(24)26-2)22-30(29-14-6-4-3-5-7-14)27-12-15-8-9-17(28-15)23-11-10-16(20)21-19(23)25/h3-7,10-11,13,15,17,22H,8-9,12H2,1-2H3,(H2,20,21,25)/t13?,15-,17?,30?/m0/s1. The number of carbonyl (C=O) groups excluding carboxylic acids is 1. The molecule has 0 amide bonds. The van der Waals surface area contributed by atoms with Crippen LogP contribution >= 0.6 is 8.53 Å². The summed E-state index contributed by atoms with van der Waals surface area (Å²) in [5, 5.41) is 3.01. The maximum Gasteiger partial charge on any atom is 0.351 e. The number of nitrogens with one attached hydrogen (secondary N) is 1. The van der Waals surface area contributed by atoms with Crippen LogP contribution in [-0.4, -0.2) is 41.4 Å². The number of carbonyl (C=O) groups is 1. The molecule has 3 N–H and O–H groups in total. The molecule has 1 aliphatic heterocycles. The molecule has 3 unspecified atom stereocenters. The first-order valence-electron chi connectivity index (χ1n) is 9.46. The van der Waals surface area contributed by atoms with Gasteiger partial charge in [0.05, 0.1) is 19.8 Å². The summed E-state index contributed by atoms with van der Waals surface area (Å²) in [4.78, 5) is 27.5. The van der Waals surface area contributed by atoms with Crippen LogP contribution in [0.2, 0.25) is 0 Å². The topological polar surface area (TPSA) is 127 Å². The zero-order valence-corrected chi connectivity index (χ0v) is 17.7. The van der Waals surface area contributed by atoms with Crippen molar-refractivity contribution in [3.8, 4) is 5.75 Å². The van der Waals surface area contributed by atoms with Gasteiger partial charge in [-0.15, -0.1) is 0 Å². The zero-order chi connectivity index (χ0) is 21.5. The summed E-state index contributed by atoms with van der Waals surface area (Å²) in [6, 6.07) is 10.1. The Morgan fingerprint density at radius 1 is 1.37 bits per heavy atom. The quantitative estimate of drug-likeness (QED) is 0.448. The molecule has 0 bridgehead atoms. The van der Waals surface area contributed by atoms with E-state index in [0.29, 0.717) is 18.6 Å². The number of nitrogens with two attached hydrogens (primary N) is 1. The van der Waals surface area contributed by atoms with Crippen LogP contribution in [0.1, 0.15) is 26.0 Å². The molecule has 1 aromatic heterocycles. The fraction of sp³-hybridized carbons (Fsp3) is 0.421. The van der Waals surface area contributed by atoms with Crippen LogP contribution in [0.5, 0.6) is 5.75 Å². The Balaban J connectivity index is 1.59. The number of hydrogen-bond donors (Lipinski definition) is 2. The molecule has 0 saturated carbocycles. The van der Waals surface area contributed by atoms with E-state index in [1.807, 2.05) is 18.2 Å². The van der Waals surface area contributed by atoms with Crippen molar-refractivity contribution >= 4 is 20.3 Å². The lowest BCUT2D eigenvalue weighted by Crippen LogP contribution is -2.33. The Labute approximate surface area is 175 Å². The fourth-order valence-corrected chi connectivity index (χ4v) is 4.08. The summed E-state index contributed by atoms with van der Waals surface area (Å²) in [7, 11) is -0.316. The predicted octanol–water partition coefficient (Wildman–Crippen LogP) is 1.98. The number of para-hydroxylation sites is 1. The number of benzene rings is 1. The Kier molecular flexibility index (Phi) is 7.75. The van der Waals surface area contributed by atoms with E-state index in [1.54, 1.807) is 31.3 Å². The van der Waals surface area contributed by atoms with E-state index in [2.05, 4.69) is 10.1 Å². The van der Waals surface area contributed by atoms with Gasteiger partial charge in [-0.3, -0.25) is 9.36 Å². The minimum Gasteiger partial charge on any atom is -0.468 e. The van der Waals surface area contributed by atoms with Crippen molar-refractivity contribution in [1.29, 1.82) is 0 Å². The monoisotopic (exact) mass is 436 g/mol. The molecule has 0 radical (unpaired) electrons. The normalized spacial score (nSPS) is 20.5. The average Bonchev–Trinajstić information content (AvgIpc) is 3.20. The first kappa shape index (κ1) is 22.2. The maximum absolute atomic E-state index is 12.0. The lowest BCUT2D eigenvalue weighted by Gasteiger charge is -2.23. The third kappa shape index (κ3) is 5.99. The molecule has 162 valence electrons. The van der Waals surface area contributed by atoms with Crippen LogP contribution in [-0.2, 0) is 18.8 Å². The molecule has 1 saturated heterocycles. The van der Waals surface area contributed by atoms with E-state index in [1.165, 1.54) is 11.7 Å². The van der Waals surface area contributed by atoms with Gasteiger partial charge in [0.25, 0.3) is 0 Å². The molecule has 2 heterocycles. The van der Waals surface area contributed by atoms with Crippen LogP contribution in [0, 0.1) is 0 Å². The minimum atomic E-state index is -1.64. The Morgan fingerprint density at radius 2 is 2.13 bits per heavy atom. The third-order valence-electron chi connectivity index (χ3n) is 4.41. The van der Waals surface area contributed by atoms with Crippen LogP contribution < -0.4 is 21.0 Å². The van der Waals surface area contributed by atoms with Gasteiger partial charge in [0, 0.05) is 6.20 Å². The number of anilines is 1. The van der Waals surface area contributed by atoms with Gasteiger partial charge in [0.2, 0.25) is 0 Å². The summed E-state index contributed by atoms with van der Waals surface area (Å²) in [6.45, 7) is 1.90. The molecular formula is C19H25N4O6P. The van der Waals surface area contributed by atoms with Crippen LogP contribution in [0.4, 0.5) is 5.82 Å². The van der Waals surface area contributed by atoms with Gasteiger partial charge in [-0.05, 0) is 38.0 Å². The Morgan fingerprint density at radius 3 is 2.83 bits per heavy atom. The van der Waals surface area contributed by atoms with E-state index in [9.17, 15) is 9.59 Å². The summed E-state index contributed by atoms with van der Waals surface area (Å²) in [5.41, 5.74) is 5.08. The lowest BCUT2D eigenvalue weighted by molar-refractivity contribution is -0.142. The van der Waals surface area contributed by atoms with Gasteiger partial charge >= 0.3 is 20.2 Å². The lowest BCUT2D eigenvalue weighted by atomic mass is 10.2. The average molecular weight is 436 g/mol. The van der Waals surface area contributed by atoms with Crippen molar-refractivity contribution < 1.29 is 23.3 Å². The SMILES string of the molecule is COC(=O)C(C)NP(OC[C@@H]1CCC(n2ccc(N)nc2=O)O1)Oc1ccccc1. The van der Waals surface area contributed by atoms with Crippen molar-refractivity contribution in [2.75, 3.05) is 19.5 Å². The fourth-order valence-electron chi connectivity index (χ4n) is 2.86. The molecule has 4 atom stereocenters. The number of ether oxygens (including phenoxy) is 2. The maximum atomic E-state index is 12.0. The van der Waals surface area contributed by atoms with Crippen molar-refractivity contribution in [1.82, 2.24) is 14.6 Å².